The minimum absolute atomic E-state index is 0.0502. The minimum Gasteiger partial charge on any atom is -0.379 e. The molecule has 0 unspecified atom stereocenters. The summed E-state index contributed by atoms with van der Waals surface area (Å²) in [4.78, 5) is 44.0. The summed E-state index contributed by atoms with van der Waals surface area (Å²) in [5, 5.41) is 17.1. The first-order valence-corrected chi connectivity index (χ1v) is 14.7. The lowest BCUT2D eigenvalue weighted by molar-refractivity contribution is -0.384. The zero-order chi connectivity index (χ0) is 30.2. The molecule has 0 atom stereocenters. The quantitative estimate of drug-likeness (QED) is 0.264. The summed E-state index contributed by atoms with van der Waals surface area (Å²) >= 11 is 5.91. The molecule has 2 aliphatic heterocycles. The van der Waals surface area contributed by atoms with Gasteiger partial charge >= 0.3 is 0 Å². The molecule has 2 saturated heterocycles. The van der Waals surface area contributed by atoms with Crippen LogP contribution in [-0.4, -0.2) is 92.1 Å². The van der Waals surface area contributed by atoms with E-state index in [1.54, 1.807) is 12.1 Å². The number of rotatable bonds is 10. The zero-order valence-electron chi connectivity index (χ0n) is 23.8. The second-order valence-corrected chi connectivity index (χ2v) is 11.0. The molecule has 12 heteroatoms. The largest absolute Gasteiger partial charge is 0.379 e. The molecule has 2 fully saturated rings. The maximum atomic E-state index is 13.5. The van der Waals surface area contributed by atoms with Gasteiger partial charge in [0.2, 0.25) is 0 Å². The Morgan fingerprint density at radius 3 is 2.35 bits per heavy atom. The van der Waals surface area contributed by atoms with Crippen molar-refractivity contribution in [2.24, 2.45) is 0 Å². The van der Waals surface area contributed by atoms with Crippen LogP contribution in [0.15, 0.2) is 66.7 Å². The monoisotopic (exact) mass is 606 g/mol. The Labute approximate surface area is 255 Å². The Morgan fingerprint density at radius 1 is 0.884 bits per heavy atom. The number of hydrogen-bond donors (Lipinski definition) is 2. The van der Waals surface area contributed by atoms with Gasteiger partial charge in [0.05, 0.1) is 23.7 Å². The van der Waals surface area contributed by atoms with Crippen LogP contribution < -0.4 is 15.5 Å². The molecule has 0 saturated carbocycles. The van der Waals surface area contributed by atoms with E-state index in [2.05, 4.69) is 37.5 Å². The van der Waals surface area contributed by atoms with Gasteiger partial charge in [-0.15, -0.1) is 0 Å². The second-order valence-electron chi connectivity index (χ2n) is 10.6. The molecule has 2 aliphatic rings. The number of halogens is 1. The fourth-order valence-corrected chi connectivity index (χ4v) is 5.49. The Balaban J connectivity index is 1.30. The summed E-state index contributed by atoms with van der Waals surface area (Å²) in [5.74, 6) is -0.770. The van der Waals surface area contributed by atoms with Gasteiger partial charge in [-0.3, -0.25) is 29.5 Å². The summed E-state index contributed by atoms with van der Waals surface area (Å²) in [6.45, 7) is 8.31. The van der Waals surface area contributed by atoms with Gasteiger partial charge in [0.25, 0.3) is 17.5 Å². The van der Waals surface area contributed by atoms with Crippen LogP contribution >= 0.6 is 11.6 Å². The number of hydrogen-bond acceptors (Lipinski definition) is 8. The Hall–Kier alpha value is -4.03. The van der Waals surface area contributed by atoms with E-state index in [1.165, 1.54) is 17.7 Å². The maximum absolute atomic E-state index is 13.5. The zero-order valence-corrected chi connectivity index (χ0v) is 24.6. The fraction of sp³-hybridized carbons (Fsp3) is 0.355. The van der Waals surface area contributed by atoms with Crippen LogP contribution in [0.3, 0.4) is 0 Å². The molecule has 0 bridgehead atoms. The van der Waals surface area contributed by atoms with Gasteiger partial charge < -0.3 is 20.3 Å². The number of ether oxygens (including phenoxy) is 1. The smallest absolute Gasteiger partial charge is 0.288 e. The number of nitrogens with zero attached hydrogens (tertiary/aromatic N) is 4. The van der Waals surface area contributed by atoms with Crippen LogP contribution in [0.4, 0.5) is 17.1 Å². The van der Waals surface area contributed by atoms with E-state index in [0.717, 1.165) is 57.6 Å². The molecule has 226 valence electrons. The number of benzene rings is 3. The maximum Gasteiger partial charge on any atom is 0.288 e. The van der Waals surface area contributed by atoms with Gasteiger partial charge in [-0.05, 0) is 35.9 Å². The van der Waals surface area contributed by atoms with Gasteiger partial charge in [-0.1, -0.05) is 41.9 Å². The number of carbonyl (C=O) groups excluding carboxylic acids is 2. The van der Waals surface area contributed by atoms with Crippen LogP contribution in [0.2, 0.25) is 5.02 Å². The minimum atomic E-state index is -0.632. The number of morpholine rings is 1. The standard InChI is InChI=1S/C31H35ClN6O5/c32-27-8-6-24(20-29(27)38(41)42)30(39)34-25-7-9-28(26(21-25)31(40)33-10-11-35-16-18-43-19-17-35)37-14-12-36(13-15-37)22-23-4-2-1-3-5-23/h1-9,20-21H,10-19,22H2,(H,33,40)(H,34,39). The Bertz CT molecular complexity index is 1440. The van der Waals surface area contributed by atoms with E-state index in [0.29, 0.717) is 37.6 Å². The number of amides is 2. The van der Waals surface area contributed by atoms with Crippen molar-refractivity contribution in [3.05, 3.63) is 98.6 Å². The van der Waals surface area contributed by atoms with E-state index < -0.39 is 10.8 Å². The molecule has 2 N–H and O–H groups in total. The highest BCUT2D eigenvalue weighted by Gasteiger charge is 2.23. The van der Waals surface area contributed by atoms with E-state index in [1.807, 2.05) is 24.3 Å². The van der Waals surface area contributed by atoms with Crippen molar-refractivity contribution < 1.29 is 19.2 Å². The molecular formula is C31H35ClN6O5. The van der Waals surface area contributed by atoms with Crippen molar-refractivity contribution >= 4 is 40.5 Å². The van der Waals surface area contributed by atoms with Crippen molar-refractivity contribution in [2.45, 2.75) is 6.54 Å². The lowest BCUT2D eigenvalue weighted by Gasteiger charge is -2.37. The topological polar surface area (TPSA) is 120 Å². The molecule has 2 heterocycles. The number of nitrogens with one attached hydrogen (secondary N) is 2. The SMILES string of the molecule is O=C(Nc1ccc(N2CCN(Cc3ccccc3)CC2)c(C(=O)NCCN2CCOCC2)c1)c1ccc(Cl)c([N+](=O)[O-])c1. The van der Waals surface area contributed by atoms with E-state index in [9.17, 15) is 19.7 Å². The number of piperazine rings is 1. The van der Waals surface area contributed by atoms with Gasteiger partial charge in [0.15, 0.2) is 0 Å². The van der Waals surface area contributed by atoms with E-state index >= 15 is 0 Å². The highest BCUT2D eigenvalue weighted by atomic mass is 35.5. The lowest BCUT2D eigenvalue weighted by Crippen LogP contribution is -2.46. The fourth-order valence-electron chi connectivity index (χ4n) is 5.30. The lowest BCUT2D eigenvalue weighted by atomic mass is 10.1. The summed E-state index contributed by atoms with van der Waals surface area (Å²) in [7, 11) is 0. The summed E-state index contributed by atoms with van der Waals surface area (Å²) in [5.41, 5.74) is 2.67. The van der Waals surface area contributed by atoms with Gasteiger partial charge in [-0.2, -0.15) is 0 Å². The van der Waals surface area contributed by atoms with Crippen LogP contribution in [0, 0.1) is 10.1 Å². The number of anilines is 2. The molecule has 11 nitrogen and oxygen atoms in total. The predicted molar refractivity (Wildman–Crippen MR) is 166 cm³/mol. The third kappa shape index (κ3) is 8.08. The molecule has 3 aromatic rings. The van der Waals surface area contributed by atoms with Crippen LogP contribution in [0.1, 0.15) is 26.3 Å². The first-order valence-electron chi connectivity index (χ1n) is 14.4. The summed E-state index contributed by atoms with van der Waals surface area (Å²) in [6, 6.07) is 19.5. The molecule has 0 radical (unpaired) electrons. The normalized spacial score (nSPS) is 16.1. The number of nitro benzene ring substituents is 1. The third-order valence-corrected chi connectivity index (χ3v) is 8.00. The molecule has 3 aromatic carbocycles. The number of carbonyl (C=O) groups is 2. The highest BCUT2D eigenvalue weighted by molar-refractivity contribution is 6.32. The van der Waals surface area contributed by atoms with Crippen molar-refractivity contribution in [1.29, 1.82) is 0 Å². The first kappa shape index (κ1) is 30.4. The molecule has 0 aromatic heterocycles. The van der Waals surface area contributed by atoms with E-state index in [4.69, 9.17) is 16.3 Å². The molecule has 0 spiro atoms. The van der Waals surface area contributed by atoms with Gasteiger partial charge in [-0.25, -0.2) is 0 Å². The molecule has 2 amide bonds. The summed E-state index contributed by atoms with van der Waals surface area (Å²) < 4.78 is 5.41. The average Bonchev–Trinajstić information content (AvgIpc) is 3.02. The van der Waals surface area contributed by atoms with Gasteiger partial charge in [0.1, 0.15) is 5.02 Å². The van der Waals surface area contributed by atoms with E-state index in [-0.39, 0.29) is 22.2 Å². The third-order valence-electron chi connectivity index (χ3n) is 7.68. The van der Waals surface area contributed by atoms with Crippen LogP contribution in [0.25, 0.3) is 0 Å². The first-order chi connectivity index (χ1) is 20.9. The van der Waals surface area contributed by atoms with Crippen LogP contribution in [-0.2, 0) is 11.3 Å². The molecule has 5 rings (SSSR count). The highest BCUT2D eigenvalue weighted by Crippen LogP contribution is 2.28. The average molecular weight is 607 g/mol. The van der Waals surface area contributed by atoms with Crippen molar-refractivity contribution in [3.63, 3.8) is 0 Å². The van der Waals surface area contributed by atoms with Crippen LogP contribution in [0.5, 0.6) is 0 Å². The molecular weight excluding hydrogens is 572 g/mol. The Kier molecular flexibility index (Phi) is 10.2. The van der Waals surface area contributed by atoms with Crippen molar-refractivity contribution in [2.75, 3.05) is 75.8 Å². The predicted octanol–water partition coefficient (Wildman–Crippen LogP) is 3.88. The van der Waals surface area contributed by atoms with Crippen molar-refractivity contribution in [3.8, 4) is 0 Å². The van der Waals surface area contributed by atoms with Crippen molar-refractivity contribution in [1.82, 2.24) is 15.1 Å². The van der Waals surface area contributed by atoms with Gasteiger partial charge in [0, 0.05) is 81.9 Å². The second kappa shape index (κ2) is 14.4. The summed E-state index contributed by atoms with van der Waals surface area (Å²) in [6.07, 6.45) is 0. The Morgan fingerprint density at radius 2 is 1.63 bits per heavy atom. The molecule has 0 aliphatic carbocycles. The molecule has 43 heavy (non-hydrogen) atoms. The number of nitro groups is 1.